The average Bonchev–Trinajstić information content (AvgIpc) is 3.06. The molecule has 0 aliphatic heterocycles. The molecule has 218 valence electrons. The highest BCUT2D eigenvalue weighted by atomic mass is 32.2. The molecule has 0 bridgehead atoms. The highest BCUT2D eigenvalue weighted by Crippen LogP contribution is 2.72. The topological polar surface area (TPSA) is 138 Å². The lowest BCUT2D eigenvalue weighted by Crippen LogP contribution is -2.70. The van der Waals surface area contributed by atoms with Gasteiger partial charge in [0.25, 0.3) is 0 Å². The summed E-state index contributed by atoms with van der Waals surface area (Å²) in [5, 5.41) is 11.0. The van der Waals surface area contributed by atoms with Crippen LogP contribution in [0.2, 0.25) is 0 Å². The van der Waals surface area contributed by atoms with E-state index in [9.17, 15) is 24.1 Å². The molecule has 8 nitrogen and oxygen atoms in total. The Hall–Kier alpha value is -1.39. The van der Waals surface area contributed by atoms with Gasteiger partial charge in [0.15, 0.2) is 17.1 Å². The molecule has 3 saturated carbocycles. The lowest BCUT2D eigenvalue weighted by molar-refractivity contribution is -0.228. The molecule has 4 rings (SSSR count). The minimum absolute atomic E-state index is 0.00260. The van der Waals surface area contributed by atoms with Gasteiger partial charge in [-0.2, -0.15) is 0 Å². The van der Waals surface area contributed by atoms with E-state index in [1.165, 1.54) is 19.1 Å². The number of aliphatic hydroxyl groups excluding tert-OH is 1. The Morgan fingerprint density at radius 1 is 1.23 bits per heavy atom. The molecule has 0 amide bonds. The molecule has 3 fully saturated rings. The molecule has 0 spiro atoms. The monoisotopic (exact) mass is 590 g/mol. The zero-order chi connectivity index (χ0) is 29.2. The molecule has 4 aliphatic carbocycles. The Balaban J connectivity index is 1.76. The summed E-state index contributed by atoms with van der Waals surface area (Å²) in [6.07, 6.45) is -0.279. The van der Waals surface area contributed by atoms with Crippen molar-refractivity contribution >= 4 is 36.2 Å². The number of hydrogen-bond acceptors (Lipinski definition) is 7. The number of hydrogen-bond donors (Lipinski definition) is 3. The van der Waals surface area contributed by atoms with E-state index in [-0.39, 0.29) is 43.4 Å². The predicted molar refractivity (Wildman–Crippen MR) is 141 cm³/mol. The maximum atomic E-state index is 17.4. The van der Waals surface area contributed by atoms with Crippen molar-refractivity contribution in [3.63, 3.8) is 0 Å². The van der Waals surface area contributed by atoms with Crippen molar-refractivity contribution in [1.82, 2.24) is 0 Å². The molecule has 9 atom stereocenters. The number of aliphatic hydroxyl groups is 1. The molecular formula is C27H37F2O8PS. The summed E-state index contributed by atoms with van der Waals surface area (Å²) in [5.41, 5.74) is -6.88. The number of ether oxygens (including phenoxy) is 1. The first-order valence-electron chi connectivity index (χ1n) is 13.4. The summed E-state index contributed by atoms with van der Waals surface area (Å²) in [4.78, 5) is 57.0. The van der Waals surface area contributed by atoms with Crippen molar-refractivity contribution < 1.29 is 47.4 Å². The van der Waals surface area contributed by atoms with Crippen molar-refractivity contribution in [1.29, 1.82) is 0 Å². The Morgan fingerprint density at radius 3 is 2.51 bits per heavy atom. The summed E-state index contributed by atoms with van der Waals surface area (Å²) in [7, 11) is -4.26. The van der Waals surface area contributed by atoms with Crippen LogP contribution in [0.4, 0.5) is 8.78 Å². The van der Waals surface area contributed by atoms with Crippen molar-refractivity contribution in [2.75, 3.05) is 11.9 Å². The summed E-state index contributed by atoms with van der Waals surface area (Å²) < 4.78 is 50.3. The van der Waals surface area contributed by atoms with Crippen LogP contribution in [0.1, 0.15) is 59.8 Å². The summed E-state index contributed by atoms with van der Waals surface area (Å²) in [6, 6.07) is 0. The van der Waals surface area contributed by atoms with Gasteiger partial charge < -0.3 is 19.6 Å². The molecule has 0 heterocycles. The fourth-order valence-corrected chi connectivity index (χ4v) is 9.96. The summed E-state index contributed by atoms with van der Waals surface area (Å²) >= 11 is 0.805. The van der Waals surface area contributed by atoms with Gasteiger partial charge in [0.1, 0.15) is 6.17 Å². The van der Waals surface area contributed by atoms with Gasteiger partial charge in [-0.3, -0.25) is 18.9 Å². The van der Waals surface area contributed by atoms with Crippen LogP contribution in [-0.2, 0) is 23.7 Å². The Bertz CT molecular complexity index is 1170. The van der Waals surface area contributed by atoms with Gasteiger partial charge in [0, 0.05) is 34.8 Å². The molecule has 12 heteroatoms. The molecule has 0 radical (unpaired) electrons. The van der Waals surface area contributed by atoms with Crippen LogP contribution in [0.3, 0.4) is 0 Å². The van der Waals surface area contributed by atoms with Crippen molar-refractivity contribution in [2.24, 2.45) is 28.6 Å². The number of thioether (sulfide) groups is 1. The van der Waals surface area contributed by atoms with E-state index in [2.05, 4.69) is 0 Å². The van der Waals surface area contributed by atoms with Crippen LogP contribution in [0.15, 0.2) is 23.8 Å². The van der Waals surface area contributed by atoms with Crippen molar-refractivity contribution in [2.45, 2.75) is 83.3 Å². The normalized spacial score (nSPS) is 43.3. The quantitative estimate of drug-likeness (QED) is 0.228. The molecule has 3 N–H and O–H groups in total. The lowest BCUT2D eigenvalue weighted by atomic mass is 9.44. The first-order chi connectivity index (χ1) is 18.0. The maximum Gasteiger partial charge on any atom is 0.325 e. The van der Waals surface area contributed by atoms with E-state index in [4.69, 9.17) is 14.5 Å². The van der Waals surface area contributed by atoms with E-state index in [0.717, 1.165) is 17.8 Å². The van der Waals surface area contributed by atoms with Crippen LogP contribution in [0, 0.1) is 28.6 Å². The largest absolute Gasteiger partial charge is 0.449 e. The van der Waals surface area contributed by atoms with E-state index in [0.29, 0.717) is 0 Å². The number of esters is 1. The second-order valence-corrected chi connectivity index (χ2v) is 14.8. The van der Waals surface area contributed by atoms with E-state index in [1.54, 1.807) is 20.8 Å². The Labute approximate surface area is 231 Å². The summed E-state index contributed by atoms with van der Waals surface area (Å²) in [6.45, 7) is 6.50. The lowest BCUT2D eigenvalue weighted by Gasteiger charge is -2.63. The van der Waals surface area contributed by atoms with Gasteiger partial charge in [-0.15, -0.1) is 0 Å². The Morgan fingerprint density at radius 2 is 1.90 bits per heavy atom. The van der Waals surface area contributed by atoms with Crippen LogP contribution >= 0.6 is 19.4 Å². The van der Waals surface area contributed by atoms with Crippen LogP contribution in [0.5, 0.6) is 0 Å². The van der Waals surface area contributed by atoms with Crippen LogP contribution < -0.4 is 0 Å². The highest BCUT2D eigenvalue weighted by Gasteiger charge is 2.78. The first-order valence-corrected chi connectivity index (χ1v) is 16.2. The fourth-order valence-electron chi connectivity index (χ4n) is 8.01. The minimum Gasteiger partial charge on any atom is -0.449 e. The van der Waals surface area contributed by atoms with Gasteiger partial charge in [0.05, 0.1) is 12.3 Å². The molecule has 0 aromatic carbocycles. The fraction of sp³-hybridized carbons (Fsp3) is 0.741. The number of ketones is 1. The number of rotatable bonds is 7. The molecule has 0 saturated heterocycles. The second kappa shape index (κ2) is 10.2. The molecule has 39 heavy (non-hydrogen) atoms. The number of alkyl halides is 2. The van der Waals surface area contributed by atoms with Gasteiger partial charge in [-0.25, -0.2) is 8.78 Å². The zero-order valence-corrected chi connectivity index (χ0v) is 24.3. The summed E-state index contributed by atoms with van der Waals surface area (Å²) in [5.74, 6) is -3.27. The van der Waals surface area contributed by atoms with Gasteiger partial charge in [-0.1, -0.05) is 38.6 Å². The van der Waals surface area contributed by atoms with E-state index >= 15 is 8.78 Å². The highest BCUT2D eigenvalue weighted by molar-refractivity contribution is 8.13. The number of carbonyl (C=O) groups is 3. The predicted octanol–water partition coefficient (Wildman–Crippen LogP) is 4.07. The maximum absolute atomic E-state index is 17.4. The minimum atomic E-state index is -4.26. The number of fused-ring (bicyclic) bond motifs is 5. The van der Waals surface area contributed by atoms with Crippen LogP contribution in [0.25, 0.3) is 0 Å². The molecule has 0 unspecified atom stereocenters. The molecule has 0 aromatic rings. The van der Waals surface area contributed by atoms with Gasteiger partial charge >= 0.3 is 13.6 Å². The molecule has 0 aromatic heterocycles. The van der Waals surface area contributed by atoms with Crippen molar-refractivity contribution in [3.8, 4) is 0 Å². The smallest absolute Gasteiger partial charge is 0.325 e. The SMILES string of the molecule is CCC(=O)O[C@]1(C(=O)SCCCP(=O)(O)O)[C@H](C)C[C@H]2[C@@H]3C[C@H](F)C4=CC(=O)C=C[C@]4(C)[C@@]3(F)[C@@H](O)C[C@@]21C. The Kier molecular flexibility index (Phi) is 7.96. The molecule has 4 aliphatic rings. The third-order valence-electron chi connectivity index (χ3n) is 9.86. The first kappa shape index (κ1) is 30.6. The molecular weight excluding hydrogens is 553 g/mol. The third-order valence-corrected chi connectivity index (χ3v) is 11.8. The van der Waals surface area contributed by atoms with E-state index < -0.39 is 82.8 Å². The van der Waals surface area contributed by atoms with Crippen LogP contribution in [-0.4, -0.2) is 67.2 Å². The number of allylic oxidation sites excluding steroid dienone is 4. The number of carbonyl (C=O) groups excluding carboxylic acids is 3. The van der Waals surface area contributed by atoms with Gasteiger partial charge in [-0.05, 0) is 56.3 Å². The third kappa shape index (κ3) is 4.51. The van der Waals surface area contributed by atoms with E-state index in [1.807, 2.05) is 0 Å². The second-order valence-electron chi connectivity index (χ2n) is 11.9. The standard InChI is InChI=1S/C27H37F2O8PS/c1-5-22(32)37-27(23(33)39-10-6-9-38(34,35)36)15(2)11-17-18-13-20(28)19-12-16(30)7-8-24(19,3)26(18,29)21(31)14-25(17,27)4/h7-8,12,15,17-18,20-21,31H,5-6,9-11,13-14H2,1-4H3,(H2,34,35,36)/t15-,17+,18+,20+,21+,24+,25+,26+,27+/m1/s1. The van der Waals surface area contributed by atoms with Crippen molar-refractivity contribution in [3.05, 3.63) is 23.8 Å². The average molecular weight is 591 g/mol. The van der Waals surface area contributed by atoms with Gasteiger partial charge in [0.2, 0.25) is 5.12 Å². The zero-order valence-electron chi connectivity index (χ0n) is 22.6. The number of halogens is 2.